The third kappa shape index (κ3) is 4.79. The van der Waals surface area contributed by atoms with Gasteiger partial charge in [-0.25, -0.2) is 0 Å². The first-order valence-corrected chi connectivity index (χ1v) is 2.72. The van der Waals surface area contributed by atoms with Crippen molar-refractivity contribution in [1.82, 2.24) is 0 Å². The van der Waals surface area contributed by atoms with E-state index in [1.165, 1.54) is 13.0 Å². The maximum absolute atomic E-state index is 10.3. The molecule has 0 aliphatic rings. The van der Waals surface area contributed by atoms with Crippen molar-refractivity contribution in [3.63, 3.8) is 0 Å². The summed E-state index contributed by atoms with van der Waals surface area (Å²) in [5, 5.41) is 0. The highest BCUT2D eigenvalue weighted by atomic mass is 16.1. The monoisotopic (exact) mass is 122 g/mol. The van der Waals surface area contributed by atoms with Gasteiger partial charge in [0, 0.05) is 0 Å². The Morgan fingerprint density at radius 1 is 1.44 bits per heavy atom. The number of rotatable bonds is 2. The van der Waals surface area contributed by atoms with Crippen LogP contribution in [0.1, 0.15) is 13.8 Å². The Labute approximate surface area is 55.4 Å². The van der Waals surface area contributed by atoms with E-state index in [1.807, 2.05) is 6.92 Å². The maximum Gasteiger partial charge on any atom is 0.152 e. The molecule has 1 heteroatoms. The number of carbonyl (C=O) groups is 1. The van der Waals surface area contributed by atoms with Gasteiger partial charge in [-0.1, -0.05) is 6.58 Å². The van der Waals surface area contributed by atoms with Crippen LogP contribution in [-0.2, 0) is 4.79 Å². The van der Waals surface area contributed by atoms with Crippen LogP contribution in [0.25, 0.3) is 0 Å². The van der Waals surface area contributed by atoms with Crippen molar-refractivity contribution in [2.24, 2.45) is 0 Å². The van der Waals surface area contributed by atoms with Crippen LogP contribution in [0, 0.1) is 0 Å². The lowest BCUT2D eigenvalue weighted by molar-refractivity contribution is -0.112. The zero-order valence-electron chi connectivity index (χ0n) is 5.77. The Kier molecular flexibility index (Phi) is 3.41. The summed E-state index contributed by atoms with van der Waals surface area (Å²) in [5.41, 5.74) is 3.53. The highest BCUT2D eigenvalue weighted by molar-refractivity contribution is 5.87. The third-order valence-electron chi connectivity index (χ3n) is 0.847. The smallest absolute Gasteiger partial charge is 0.152 e. The molecule has 48 valence electrons. The summed E-state index contributed by atoms with van der Waals surface area (Å²) >= 11 is 0. The standard InChI is InChI=1S/C8H10O/c1-4-7(2)5-6-8(3)9/h5-6H,1H2,2-3H3/b6-5-. The summed E-state index contributed by atoms with van der Waals surface area (Å²) < 4.78 is 0. The molecule has 0 rings (SSSR count). The molecule has 0 saturated carbocycles. The number of hydrogen-bond donors (Lipinski definition) is 0. The Balaban J connectivity index is 4.01. The Morgan fingerprint density at radius 3 is 2.33 bits per heavy atom. The van der Waals surface area contributed by atoms with Gasteiger partial charge in [-0.15, -0.1) is 5.73 Å². The fraction of sp³-hybridized carbons (Fsp3) is 0.250. The van der Waals surface area contributed by atoms with Gasteiger partial charge in [-0.05, 0) is 31.6 Å². The van der Waals surface area contributed by atoms with Crippen LogP contribution >= 0.6 is 0 Å². The van der Waals surface area contributed by atoms with Crippen LogP contribution in [0.3, 0.4) is 0 Å². The summed E-state index contributed by atoms with van der Waals surface area (Å²) in [6, 6.07) is 0. The van der Waals surface area contributed by atoms with E-state index in [4.69, 9.17) is 0 Å². The molecule has 0 radical (unpaired) electrons. The maximum atomic E-state index is 10.3. The zero-order chi connectivity index (χ0) is 7.28. The number of hydrogen-bond acceptors (Lipinski definition) is 1. The van der Waals surface area contributed by atoms with Crippen molar-refractivity contribution in [1.29, 1.82) is 0 Å². The summed E-state index contributed by atoms with van der Waals surface area (Å²) in [4.78, 5) is 10.3. The van der Waals surface area contributed by atoms with Gasteiger partial charge in [0.2, 0.25) is 0 Å². The lowest BCUT2D eigenvalue weighted by Gasteiger charge is -1.80. The van der Waals surface area contributed by atoms with E-state index in [0.717, 1.165) is 5.57 Å². The summed E-state index contributed by atoms with van der Waals surface area (Å²) in [7, 11) is 0. The fourth-order valence-electron chi connectivity index (χ4n) is 0.301. The van der Waals surface area contributed by atoms with Gasteiger partial charge < -0.3 is 0 Å². The minimum absolute atomic E-state index is 0.0459. The average Bonchev–Trinajstić information content (AvgIpc) is 1.83. The number of ketones is 1. The van der Waals surface area contributed by atoms with Gasteiger partial charge in [0.15, 0.2) is 5.78 Å². The van der Waals surface area contributed by atoms with Crippen molar-refractivity contribution >= 4 is 5.78 Å². The third-order valence-corrected chi connectivity index (χ3v) is 0.847. The minimum atomic E-state index is 0.0459. The predicted octanol–water partition coefficient (Wildman–Crippen LogP) is 1.86. The molecular weight excluding hydrogens is 112 g/mol. The first kappa shape index (κ1) is 7.93. The van der Waals surface area contributed by atoms with E-state index in [-0.39, 0.29) is 5.78 Å². The van der Waals surface area contributed by atoms with Gasteiger partial charge in [0.1, 0.15) is 0 Å². The van der Waals surface area contributed by atoms with Crippen molar-refractivity contribution in [2.75, 3.05) is 0 Å². The Morgan fingerprint density at radius 2 is 2.00 bits per heavy atom. The summed E-state index contributed by atoms with van der Waals surface area (Å²) in [6.07, 6.45) is 3.18. The van der Waals surface area contributed by atoms with Crippen LogP contribution in [0.5, 0.6) is 0 Å². The fourth-order valence-corrected chi connectivity index (χ4v) is 0.301. The average molecular weight is 122 g/mol. The molecule has 0 bridgehead atoms. The van der Waals surface area contributed by atoms with Gasteiger partial charge in [-0.3, -0.25) is 4.79 Å². The molecule has 0 saturated heterocycles. The molecule has 1 nitrogen and oxygen atoms in total. The normalized spacial score (nSPS) is 9.11. The molecule has 0 aromatic carbocycles. The summed E-state index contributed by atoms with van der Waals surface area (Å²) in [5.74, 6) is 0.0459. The van der Waals surface area contributed by atoms with Crippen molar-refractivity contribution in [3.8, 4) is 0 Å². The van der Waals surface area contributed by atoms with Crippen LogP contribution in [0.4, 0.5) is 0 Å². The molecule has 9 heavy (non-hydrogen) atoms. The Bertz CT molecular complexity index is 181. The van der Waals surface area contributed by atoms with E-state index in [2.05, 4.69) is 12.3 Å². The van der Waals surface area contributed by atoms with Gasteiger partial charge in [0.25, 0.3) is 0 Å². The first-order chi connectivity index (χ1) is 4.16. The SMILES string of the molecule is C=C=C(C)/C=C\C(C)=O. The molecular formula is C8H10O. The van der Waals surface area contributed by atoms with Crippen molar-refractivity contribution in [3.05, 3.63) is 30.0 Å². The molecule has 0 atom stereocenters. The van der Waals surface area contributed by atoms with E-state index >= 15 is 0 Å². The van der Waals surface area contributed by atoms with Crippen LogP contribution < -0.4 is 0 Å². The second kappa shape index (κ2) is 3.88. The van der Waals surface area contributed by atoms with Crippen LogP contribution in [-0.4, -0.2) is 5.78 Å². The molecule has 0 aliphatic carbocycles. The van der Waals surface area contributed by atoms with Crippen molar-refractivity contribution < 1.29 is 4.79 Å². The van der Waals surface area contributed by atoms with Gasteiger partial charge in [-0.2, -0.15) is 0 Å². The second-order valence-electron chi connectivity index (χ2n) is 1.80. The second-order valence-corrected chi connectivity index (χ2v) is 1.80. The molecule has 0 unspecified atom stereocenters. The number of carbonyl (C=O) groups excluding carboxylic acids is 1. The molecule has 0 aliphatic heterocycles. The van der Waals surface area contributed by atoms with E-state index in [9.17, 15) is 4.79 Å². The van der Waals surface area contributed by atoms with Gasteiger partial charge >= 0.3 is 0 Å². The van der Waals surface area contributed by atoms with E-state index in [1.54, 1.807) is 6.08 Å². The molecule has 0 amide bonds. The predicted molar refractivity (Wildman–Crippen MR) is 38.1 cm³/mol. The quantitative estimate of drug-likeness (QED) is 0.310. The minimum Gasteiger partial charge on any atom is -0.295 e. The highest BCUT2D eigenvalue weighted by Crippen LogP contribution is 1.89. The molecule has 0 spiro atoms. The topological polar surface area (TPSA) is 17.1 Å². The lowest BCUT2D eigenvalue weighted by atomic mass is 10.3. The molecule has 0 fully saturated rings. The van der Waals surface area contributed by atoms with E-state index < -0.39 is 0 Å². The summed E-state index contributed by atoms with van der Waals surface area (Å²) in [6.45, 7) is 6.76. The van der Waals surface area contributed by atoms with E-state index in [0.29, 0.717) is 0 Å². The molecule has 0 aromatic rings. The van der Waals surface area contributed by atoms with Gasteiger partial charge in [0.05, 0.1) is 0 Å². The Hall–Kier alpha value is -1.07. The molecule has 0 N–H and O–H groups in total. The molecule has 0 heterocycles. The lowest BCUT2D eigenvalue weighted by Crippen LogP contribution is -1.78. The largest absolute Gasteiger partial charge is 0.295 e. The zero-order valence-corrected chi connectivity index (χ0v) is 5.77. The van der Waals surface area contributed by atoms with Crippen LogP contribution in [0.2, 0.25) is 0 Å². The van der Waals surface area contributed by atoms with Crippen molar-refractivity contribution in [2.45, 2.75) is 13.8 Å². The highest BCUT2D eigenvalue weighted by Gasteiger charge is 1.80. The number of allylic oxidation sites excluding steroid dienone is 3. The first-order valence-electron chi connectivity index (χ1n) is 2.72. The molecule has 0 aromatic heterocycles. The van der Waals surface area contributed by atoms with Crippen LogP contribution in [0.15, 0.2) is 30.0 Å².